The molecule has 4 rings (SSSR count). The van der Waals surface area contributed by atoms with Gasteiger partial charge in [-0.15, -0.1) is 0 Å². The van der Waals surface area contributed by atoms with E-state index < -0.39 is 0 Å². The molecule has 0 saturated heterocycles. The largest absolute Gasteiger partial charge is 0.338 e. The minimum absolute atomic E-state index is 0.193. The van der Waals surface area contributed by atoms with Gasteiger partial charge in [0.25, 0.3) is 0 Å². The van der Waals surface area contributed by atoms with Crippen molar-refractivity contribution in [2.24, 2.45) is 5.73 Å². The number of nitrogens with one attached hydrogen (secondary N) is 2. The fourth-order valence-corrected chi connectivity index (χ4v) is 3.39. The first-order valence-electron chi connectivity index (χ1n) is 11.2. The molecule has 0 atom stereocenters. The lowest BCUT2D eigenvalue weighted by Crippen LogP contribution is -2.30. The zero-order chi connectivity index (χ0) is 23.5. The van der Waals surface area contributed by atoms with Crippen LogP contribution in [0.2, 0.25) is 0 Å². The fourth-order valence-electron chi connectivity index (χ4n) is 3.39. The van der Waals surface area contributed by atoms with Crippen LogP contribution in [0.3, 0.4) is 0 Å². The summed E-state index contributed by atoms with van der Waals surface area (Å²) in [6.07, 6.45) is 5.31. The SMILES string of the molecule is Cc1ccc(CCN)cc1.Cc1ccc(CCNC(=O)Nc2cccc3cnccc23)cc1. The maximum absolute atomic E-state index is 12.1. The number of anilines is 1. The minimum atomic E-state index is -0.193. The molecule has 170 valence electrons. The first kappa shape index (κ1) is 24.0. The Hall–Kier alpha value is -3.70. The van der Waals surface area contributed by atoms with Crippen LogP contribution in [0.4, 0.5) is 10.5 Å². The highest BCUT2D eigenvalue weighted by Gasteiger charge is 2.05. The lowest BCUT2D eigenvalue weighted by molar-refractivity contribution is 0.252. The van der Waals surface area contributed by atoms with Crippen LogP contribution >= 0.6 is 0 Å². The molecule has 0 spiro atoms. The Kier molecular flexibility index (Phi) is 8.98. The van der Waals surface area contributed by atoms with Crippen LogP contribution in [-0.2, 0) is 12.8 Å². The van der Waals surface area contributed by atoms with E-state index in [4.69, 9.17) is 5.73 Å². The topological polar surface area (TPSA) is 80.0 Å². The van der Waals surface area contributed by atoms with E-state index in [1.807, 2.05) is 24.3 Å². The number of benzene rings is 3. The van der Waals surface area contributed by atoms with Crippen LogP contribution in [0.5, 0.6) is 0 Å². The van der Waals surface area contributed by atoms with Crippen molar-refractivity contribution in [1.29, 1.82) is 0 Å². The lowest BCUT2D eigenvalue weighted by atomic mass is 10.1. The van der Waals surface area contributed by atoms with Crippen molar-refractivity contribution in [3.8, 4) is 0 Å². The number of amides is 2. The fraction of sp³-hybridized carbons (Fsp3) is 0.214. The second-order valence-electron chi connectivity index (χ2n) is 8.04. The quantitative estimate of drug-likeness (QED) is 0.375. The van der Waals surface area contributed by atoms with Crippen molar-refractivity contribution in [1.82, 2.24) is 10.3 Å². The maximum Gasteiger partial charge on any atom is 0.319 e. The zero-order valence-corrected chi connectivity index (χ0v) is 19.3. The molecule has 5 heteroatoms. The van der Waals surface area contributed by atoms with Crippen molar-refractivity contribution in [2.45, 2.75) is 26.7 Å². The molecular formula is C28H32N4O. The molecule has 5 nitrogen and oxygen atoms in total. The summed E-state index contributed by atoms with van der Waals surface area (Å²) < 4.78 is 0. The molecule has 1 aromatic heterocycles. The number of rotatable bonds is 6. The van der Waals surface area contributed by atoms with E-state index in [9.17, 15) is 4.79 Å². The van der Waals surface area contributed by atoms with Crippen molar-refractivity contribution in [3.63, 3.8) is 0 Å². The van der Waals surface area contributed by atoms with E-state index in [2.05, 4.69) is 78.0 Å². The minimum Gasteiger partial charge on any atom is -0.338 e. The van der Waals surface area contributed by atoms with Crippen LogP contribution in [0.15, 0.2) is 85.2 Å². The van der Waals surface area contributed by atoms with E-state index in [-0.39, 0.29) is 6.03 Å². The summed E-state index contributed by atoms with van der Waals surface area (Å²) in [5, 5.41) is 7.78. The van der Waals surface area contributed by atoms with Gasteiger partial charge in [0.05, 0.1) is 5.69 Å². The van der Waals surface area contributed by atoms with Gasteiger partial charge in [0.2, 0.25) is 0 Å². The molecule has 1 heterocycles. The average Bonchev–Trinajstić information content (AvgIpc) is 2.83. The summed E-state index contributed by atoms with van der Waals surface area (Å²) in [4.78, 5) is 16.2. The van der Waals surface area contributed by atoms with Crippen LogP contribution in [0.1, 0.15) is 22.3 Å². The number of nitrogens with two attached hydrogens (primary N) is 1. The molecule has 2 amide bonds. The summed E-state index contributed by atoms with van der Waals surface area (Å²) in [5.74, 6) is 0. The summed E-state index contributed by atoms with van der Waals surface area (Å²) in [7, 11) is 0. The molecule has 0 aliphatic rings. The summed E-state index contributed by atoms with van der Waals surface area (Å²) in [6, 6.07) is 24.3. The van der Waals surface area contributed by atoms with Gasteiger partial charge in [-0.05, 0) is 56.5 Å². The number of hydrogen-bond acceptors (Lipinski definition) is 3. The zero-order valence-electron chi connectivity index (χ0n) is 19.3. The highest BCUT2D eigenvalue weighted by molar-refractivity contribution is 6.01. The number of nitrogens with zero attached hydrogens (tertiary/aromatic N) is 1. The molecular weight excluding hydrogens is 408 g/mol. The second kappa shape index (κ2) is 12.4. The third kappa shape index (κ3) is 7.74. The molecule has 33 heavy (non-hydrogen) atoms. The van der Waals surface area contributed by atoms with E-state index in [0.717, 1.165) is 35.8 Å². The van der Waals surface area contributed by atoms with Crippen molar-refractivity contribution < 1.29 is 4.79 Å². The predicted octanol–water partition coefficient (Wildman–Crippen LogP) is 5.40. The van der Waals surface area contributed by atoms with Gasteiger partial charge in [-0.2, -0.15) is 0 Å². The third-order valence-corrected chi connectivity index (χ3v) is 5.30. The van der Waals surface area contributed by atoms with Gasteiger partial charge in [-0.3, -0.25) is 4.98 Å². The average molecular weight is 441 g/mol. The number of urea groups is 1. The van der Waals surface area contributed by atoms with Crippen LogP contribution in [0, 0.1) is 13.8 Å². The number of aromatic nitrogens is 1. The van der Waals surface area contributed by atoms with Gasteiger partial charge >= 0.3 is 6.03 Å². The van der Waals surface area contributed by atoms with Gasteiger partial charge in [0, 0.05) is 29.7 Å². The van der Waals surface area contributed by atoms with Crippen molar-refractivity contribution in [3.05, 3.63) is 107 Å². The van der Waals surface area contributed by atoms with Gasteiger partial charge < -0.3 is 16.4 Å². The Morgan fingerprint density at radius 3 is 2.12 bits per heavy atom. The Morgan fingerprint density at radius 2 is 1.48 bits per heavy atom. The smallest absolute Gasteiger partial charge is 0.319 e. The third-order valence-electron chi connectivity index (χ3n) is 5.30. The lowest BCUT2D eigenvalue weighted by Gasteiger charge is -2.10. The first-order valence-corrected chi connectivity index (χ1v) is 11.2. The molecule has 0 radical (unpaired) electrons. The molecule has 4 N–H and O–H groups in total. The van der Waals surface area contributed by atoms with Crippen LogP contribution in [0.25, 0.3) is 10.8 Å². The number of aryl methyl sites for hydroxylation is 2. The monoisotopic (exact) mass is 440 g/mol. The summed E-state index contributed by atoms with van der Waals surface area (Å²) >= 11 is 0. The first-order chi connectivity index (χ1) is 16.0. The number of pyridine rings is 1. The Balaban J connectivity index is 0.000000257. The van der Waals surface area contributed by atoms with E-state index >= 15 is 0 Å². The van der Waals surface area contributed by atoms with Crippen molar-refractivity contribution >= 4 is 22.5 Å². The maximum atomic E-state index is 12.1. The van der Waals surface area contributed by atoms with Crippen LogP contribution in [-0.4, -0.2) is 24.1 Å². The Labute approximate surface area is 196 Å². The highest BCUT2D eigenvalue weighted by Crippen LogP contribution is 2.21. The van der Waals surface area contributed by atoms with Crippen molar-refractivity contribution in [2.75, 3.05) is 18.4 Å². The van der Waals surface area contributed by atoms with Gasteiger partial charge in [-0.25, -0.2) is 4.79 Å². The van der Waals surface area contributed by atoms with Gasteiger partial charge in [0.1, 0.15) is 0 Å². The summed E-state index contributed by atoms with van der Waals surface area (Å²) in [5.41, 5.74) is 11.3. The van der Waals surface area contributed by atoms with E-state index in [1.54, 1.807) is 12.4 Å². The van der Waals surface area contributed by atoms with E-state index in [1.165, 1.54) is 22.3 Å². The number of carbonyl (C=O) groups excluding carboxylic acids is 1. The molecule has 0 aliphatic carbocycles. The summed E-state index contributed by atoms with van der Waals surface area (Å²) in [6.45, 7) is 5.49. The molecule has 0 unspecified atom stereocenters. The molecule has 0 aliphatic heterocycles. The van der Waals surface area contributed by atoms with Crippen LogP contribution < -0.4 is 16.4 Å². The second-order valence-corrected chi connectivity index (χ2v) is 8.04. The molecule has 3 aromatic carbocycles. The standard InChI is InChI=1S/C19H19N3O.C9H13N/c1-14-5-7-15(8-6-14)9-12-21-19(23)22-18-4-2-3-16-13-20-11-10-17(16)18;1-8-2-4-9(5-3-8)6-7-10/h2-8,10-11,13H,9,12H2,1H3,(H2,21,22,23);2-5H,6-7,10H2,1H3. The number of hydrogen-bond donors (Lipinski definition) is 3. The molecule has 0 bridgehead atoms. The van der Waals surface area contributed by atoms with Gasteiger partial charge in [0.15, 0.2) is 0 Å². The van der Waals surface area contributed by atoms with E-state index in [0.29, 0.717) is 6.54 Å². The normalized spacial score (nSPS) is 10.3. The molecule has 0 saturated carbocycles. The highest BCUT2D eigenvalue weighted by atomic mass is 16.2. The number of fused-ring (bicyclic) bond motifs is 1. The number of carbonyl (C=O) groups is 1. The predicted molar refractivity (Wildman–Crippen MR) is 138 cm³/mol. The Bertz CT molecular complexity index is 1150. The molecule has 4 aromatic rings. The van der Waals surface area contributed by atoms with Gasteiger partial charge in [-0.1, -0.05) is 71.8 Å². The Morgan fingerprint density at radius 1 is 0.848 bits per heavy atom. The molecule has 0 fully saturated rings.